The lowest BCUT2D eigenvalue weighted by Gasteiger charge is -2.24. The van der Waals surface area contributed by atoms with Crippen molar-refractivity contribution in [2.75, 3.05) is 10.3 Å². The molecular weight excluding hydrogens is 342 g/mol. The molecular formula is C21H21N3O3. The predicted octanol–water partition coefficient (Wildman–Crippen LogP) is 3.63. The first kappa shape index (κ1) is 18.5. The second kappa shape index (κ2) is 7.53. The number of amides is 2. The highest BCUT2D eigenvalue weighted by molar-refractivity contribution is 6.44. The fourth-order valence-corrected chi connectivity index (χ4v) is 2.87. The number of rotatable bonds is 4. The molecule has 3 rings (SSSR count). The molecule has 1 N–H and O–H groups in total. The van der Waals surface area contributed by atoms with E-state index in [1.807, 2.05) is 32.0 Å². The summed E-state index contributed by atoms with van der Waals surface area (Å²) >= 11 is 0. The summed E-state index contributed by atoms with van der Waals surface area (Å²) in [6, 6.07) is 12.5. The summed E-state index contributed by atoms with van der Waals surface area (Å²) in [5.74, 6) is -0.592. The molecule has 1 aliphatic heterocycles. The highest BCUT2D eigenvalue weighted by Gasteiger charge is 2.26. The molecule has 0 bridgehead atoms. The Balaban J connectivity index is 1.86. The molecule has 0 fully saturated rings. The second-order valence-electron chi connectivity index (χ2n) is 6.63. The second-order valence-corrected chi connectivity index (χ2v) is 6.63. The zero-order chi connectivity index (χ0) is 19.6. The number of carbonyl (C=O) groups excluding carboxylic acids is 3. The van der Waals surface area contributed by atoms with Crippen LogP contribution in [0.5, 0.6) is 0 Å². The summed E-state index contributed by atoms with van der Waals surface area (Å²) in [7, 11) is 0. The molecule has 0 radical (unpaired) electrons. The third-order valence-corrected chi connectivity index (χ3v) is 4.41. The largest absolute Gasteiger partial charge is 0.321 e. The third-order valence-electron chi connectivity index (χ3n) is 4.41. The summed E-state index contributed by atoms with van der Waals surface area (Å²) in [5, 5.41) is 8.38. The quantitative estimate of drug-likeness (QED) is 0.843. The molecule has 27 heavy (non-hydrogen) atoms. The molecule has 0 atom stereocenters. The molecule has 0 unspecified atom stereocenters. The third kappa shape index (κ3) is 4.11. The monoisotopic (exact) mass is 363 g/mol. The first-order chi connectivity index (χ1) is 12.8. The summed E-state index contributed by atoms with van der Waals surface area (Å²) < 4.78 is 0. The summed E-state index contributed by atoms with van der Waals surface area (Å²) in [6.45, 7) is 5.32. The van der Waals surface area contributed by atoms with Gasteiger partial charge >= 0.3 is 0 Å². The molecule has 138 valence electrons. The van der Waals surface area contributed by atoms with E-state index >= 15 is 0 Å². The SMILES string of the molecule is CC(=O)c1cccc(NC(=O)C2=NN(c3cc(C)ccc3C)C(=O)CC2)c1. The van der Waals surface area contributed by atoms with Crippen LogP contribution in [0.25, 0.3) is 0 Å². The number of hydrazone groups is 1. The maximum Gasteiger partial charge on any atom is 0.271 e. The average molecular weight is 363 g/mol. The number of Topliss-reactive ketones (excluding diaryl/α,β-unsaturated/α-hetero) is 1. The number of ketones is 1. The molecule has 2 aromatic rings. The van der Waals surface area contributed by atoms with Gasteiger partial charge in [0, 0.05) is 24.1 Å². The molecule has 1 heterocycles. The Kier molecular flexibility index (Phi) is 5.16. The number of carbonyl (C=O) groups is 3. The van der Waals surface area contributed by atoms with Crippen LogP contribution in [0.15, 0.2) is 47.6 Å². The van der Waals surface area contributed by atoms with Crippen molar-refractivity contribution in [1.29, 1.82) is 0 Å². The van der Waals surface area contributed by atoms with Gasteiger partial charge in [0.2, 0.25) is 5.91 Å². The summed E-state index contributed by atoms with van der Waals surface area (Å²) in [5.41, 5.74) is 3.92. The molecule has 1 aliphatic rings. The van der Waals surface area contributed by atoms with Gasteiger partial charge in [-0.3, -0.25) is 14.4 Å². The minimum absolute atomic E-state index is 0.0761. The van der Waals surface area contributed by atoms with E-state index in [1.165, 1.54) is 11.9 Å². The van der Waals surface area contributed by atoms with Gasteiger partial charge in [-0.05, 0) is 50.1 Å². The Morgan fingerprint density at radius 1 is 1.07 bits per heavy atom. The molecule has 0 saturated heterocycles. The maximum absolute atomic E-state index is 12.6. The molecule has 0 saturated carbocycles. The number of anilines is 2. The van der Waals surface area contributed by atoms with Crippen molar-refractivity contribution in [3.05, 3.63) is 59.2 Å². The van der Waals surface area contributed by atoms with Crippen LogP contribution < -0.4 is 10.3 Å². The van der Waals surface area contributed by atoms with Crippen LogP contribution in [0.1, 0.15) is 41.3 Å². The number of nitrogens with one attached hydrogen (secondary N) is 1. The van der Waals surface area contributed by atoms with Crippen molar-refractivity contribution >= 4 is 34.7 Å². The number of aryl methyl sites for hydroxylation is 2. The lowest BCUT2D eigenvalue weighted by Crippen LogP contribution is -2.36. The van der Waals surface area contributed by atoms with Gasteiger partial charge in [-0.15, -0.1) is 0 Å². The Hall–Kier alpha value is -3.28. The Labute approximate surface area is 157 Å². The standard InChI is InChI=1S/C21H21N3O3/c1-13-7-8-14(2)19(11-13)24-20(26)10-9-18(23-24)21(27)22-17-6-4-5-16(12-17)15(3)25/h4-8,11-12H,9-10H2,1-3H3,(H,22,27). The van der Waals surface area contributed by atoms with E-state index in [4.69, 9.17) is 0 Å². The van der Waals surface area contributed by atoms with Gasteiger partial charge in [-0.2, -0.15) is 5.10 Å². The van der Waals surface area contributed by atoms with Gasteiger partial charge < -0.3 is 5.32 Å². The van der Waals surface area contributed by atoms with Crippen LogP contribution >= 0.6 is 0 Å². The van der Waals surface area contributed by atoms with E-state index < -0.39 is 0 Å². The Bertz CT molecular complexity index is 963. The lowest BCUT2D eigenvalue weighted by molar-refractivity contribution is -0.118. The van der Waals surface area contributed by atoms with Crippen LogP contribution in [0.2, 0.25) is 0 Å². The fourth-order valence-electron chi connectivity index (χ4n) is 2.87. The van der Waals surface area contributed by atoms with Gasteiger partial charge in [0.15, 0.2) is 5.78 Å². The molecule has 6 heteroatoms. The molecule has 0 aliphatic carbocycles. The topological polar surface area (TPSA) is 78.8 Å². The predicted molar refractivity (Wildman–Crippen MR) is 105 cm³/mol. The summed E-state index contributed by atoms with van der Waals surface area (Å²) in [4.78, 5) is 36.5. The molecule has 2 aromatic carbocycles. The number of hydrogen-bond acceptors (Lipinski definition) is 4. The van der Waals surface area contributed by atoms with Crippen molar-refractivity contribution in [3.8, 4) is 0 Å². The van der Waals surface area contributed by atoms with Crippen molar-refractivity contribution in [2.24, 2.45) is 5.10 Å². The molecule has 0 spiro atoms. The molecule has 2 amide bonds. The van der Waals surface area contributed by atoms with E-state index in [0.29, 0.717) is 16.9 Å². The minimum Gasteiger partial charge on any atom is -0.321 e. The van der Waals surface area contributed by atoms with Gasteiger partial charge in [-0.1, -0.05) is 24.3 Å². The Morgan fingerprint density at radius 2 is 1.85 bits per heavy atom. The number of hydrogen-bond donors (Lipinski definition) is 1. The van der Waals surface area contributed by atoms with E-state index in [0.717, 1.165) is 11.1 Å². The number of benzene rings is 2. The van der Waals surface area contributed by atoms with Crippen molar-refractivity contribution in [2.45, 2.75) is 33.6 Å². The van der Waals surface area contributed by atoms with E-state index in [2.05, 4.69) is 10.4 Å². The van der Waals surface area contributed by atoms with Crippen LogP contribution in [0.3, 0.4) is 0 Å². The van der Waals surface area contributed by atoms with Crippen LogP contribution in [-0.4, -0.2) is 23.3 Å². The molecule has 6 nitrogen and oxygen atoms in total. The number of nitrogens with zero attached hydrogens (tertiary/aromatic N) is 2. The van der Waals surface area contributed by atoms with Gasteiger partial charge in [0.1, 0.15) is 5.71 Å². The lowest BCUT2D eigenvalue weighted by atomic mass is 10.1. The zero-order valence-electron chi connectivity index (χ0n) is 15.6. The van der Waals surface area contributed by atoms with Gasteiger partial charge in [0.25, 0.3) is 5.91 Å². The van der Waals surface area contributed by atoms with Crippen molar-refractivity contribution in [3.63, 3.8) is 0 Å². The highest BCUT2D eigenvalue weighted by Crippen LogP contribution is 2.25. The maximum atomic E-state index is 12.6. The fraction of sp³-hybridized carbons (Fsp3) is 0.238. The minimum atomic E-state index is -0.376. The normalized spacial score (nSPS) is 14.0. The summed E-state index contributed by atoms with van der Waals surface area (Å²) in [6.07, 6.45) is 0.492. The smallest absolute Gasteiger partial charge is 0.271 e. The van der Waals surface area contributed by atoms with Crippen LogP contribution in [0.4, 0.5) is 11.4 Å². The first-order valence-corrected chi connectivity index (χ1v) is 8.75. The average Bonchev–Trinajstić information content (AvgIpc) is 2.64. The van der Waals surface area contributed by atoms with Crippen LogP contribution in [-0.2, 0) is 9.59 Å². The van der Waals surface area contributed by atoms with Crippen molar-refractivity contribution < 1.29 is 14.4 Å². The van der Waals surface area contributed by atoms with Gasteiger partial charge in [0.05, 0.1) is 5.69 Å². The first-order valence-electron chi connectivity index (χ1n) is 8.75. The van der Waals surface area contributed by atoms with Crippen molar-refractivity contribution in [1.82, 2.24) is 0 Å². The van der Waals surface area contributed by atoms with Crippen LogP contribution in [0, 0.1) is 13.8 Å². The van der Waals surface area contributed by atoms with Gasteiger partial charge in [-0.25, -0.2) is 5.01 Å². The van der Waals surface area contributed by atoms with E-state index in [1.54, 1.807) is 24.3 Å². The van der Waals surface area contributed by atoms with E-state index in [9.17, 15) is 14.4 Å². The zero-order valence-corrected chi connectivity index (χ0v) is 15.6. The Morgan fingerprint density at radius 3 is 2.59 bits per heavy atom. The molecule has 0 aromatic heterocycles. The highest BCUT2D eigenvalue weighted by atomic mass is 16.2. The van der Waals surface area contributed by atoms with E-state index in [-0.39, 0.29) is 36.2 Å².